The van der Waals surface area contributed by atoms with Crippen molar-refractivity contribution in [1.82, 2.24) is 5.32 Å². The number of carbonyl (C=O) groups is 2. The van der Waals surface area contributed by atoms with Crippen LogP contribution in [0.4, 0.5) is 0 Å². The summed E-state index contributed by atoms with van der Waals surface area (Å²) in [5.41, 5.74) is 0. The van der Waals surface area contributed by atoms with Crippen molar-refractivity contribution >= 4 is 11.9 Å². The Kier molecular flexibility index (Phi) is 56.0. The zero-order chi connectivity index (χ0) is 49.3. The van der Waals surface area contributed by atoms with Crippen molar-refractivity contribution in [3.8, 4) is 0 Å². The van der Waals surface area contributed by atoms with Crippen LogP contribution in [0, 0.1) is 0 Å². The van der Waals surface area contributed by atoms with Gasteiger partial charge in [-0.05, 0) is 70.6 Å². The van der Waals surface area contributed by atoms with Crippen molar-refractivity contribution < 1.29 is 24.5 Å². The molecule has 2 unspecified atom stereocenters. The molecule has 1 amide bonds. The first kappa shape index (κ1) is 66.1. The molecule has 0 saturated heterocycles. The SMILES string of the molecule is CCCCCCCCCCCCCCCCCCCC/C=C/C(O)C(CO)NC(=O)CCCCCCCCC/C=C\C/C=C\CCCCCOC(=O)CCCCCCCCCCCCCCCC. The van der Waals surface area contributed by atoms with Crippen LogP contribution in [-0.2, 0) is 14.3 Å². The number of esters is 1. The number of aliphatic hydroxyl groups is 2. The second-order valence-corrected chi connectivity index (χ2v) is 20.7. The van der Waals surface area contributed by atoms with Crippen molar-refractivity contribution in [2.45, 2.75) is 334 Å². The smallest absolute Gasteiger partial charge is 0.305 e. The number of allylic oxidation sites excluding steroid dienone is 5. The first-order valence-corrected chi connectivity index (χ1v) is 30.3. The molecule has 0 saturated carbocycles. The Morgan fingerprint density at radius 1 is 0.412 bits per heavy atom. The summed E-state index contributed by atoms with van der Waals surface area (Å²) in [6.45, 7) is 4.88. The lowest BCUT2D eigenvalue weighted by molar-refractivity contribution is -0.143. The van der Waals surface area contributed by atoms with E-state index in [2.05, 4.69) is 43.5 Å². The lowest BCUT2D eigenvalue weighted by Gasteiger charge is -2.20. The molecule has 6 heteroatoms. The summed E-state index contributed by atoms with van der Waals surface area (Å²) in [5, 5.41) is 23.2. The molecule has 0 aromatic carbocycles. The maximum Gasteiger partial charge on any atom is 0.305 e. The highest BCUT2D eigenvalue weighted by molar-refractivity contribution is 5.76. The molecule has 0 radical (unpaired) electrons. The van der Waals surface area contributed by atoms with E-state index < -0.39 is 12.1 Å². The van der Waals surface area contributed by atoms with Crippen molar-refractivity contribution in [3.63, 3.8) is 0 Å². The Labute approximate surface area is 424 Å². The van der Waals surface area contributed by atoms with E-state index in [4.69, 9.17) is 4.74 Å². The van der Waals surface area contributed by atoms with Gasteiger partial charge in [0.2, 0.25) is 5.91 Å². The molecule has 0 aliphatic rings. The maximum absolute atomic E-state index is 12.5. The van der Waals surface area contributed by atoms with Crippen molar-refractivity contribution in [2.75, 3.05) is 13.2 Å². The number of ether oxygens (including phenoxy) is 1. The number of carbonyl (C=O) groups excluding carboxylic acids is 2. The summed E-state index contributed by atoms with van der Waals surface area (Å²) in [6.07, 6.45) is 71.7. The van der Waals surface area contributed by atoms with Crippen LogP contribution in [-0.4, -0.2) is 47.4 Å². The van der Waals surface area contributed by atoms with E-state index in [0.29, 0.717) is 19.4 Å². The minimum Gasteiger partial charge on any atom is -0.466 e. The molecule has 0 rings (SSSR count). The van der Waals surface area contributed by atoms with Gasteiger partial charge in [0.05, 0.1) is 25.4 Å². The van der Waals surface area contributed by atoms with Crippen molar-refractivity contribution in [2.24, 2.45) is 0 Å². The number of hydrogen-bond donors (Lipinski definition) is 3. The monoisotopic (exact) mass is 956 g/mol. The molecule has 0 heterocycles. The Hall–Kier alpha value is -1.92. The third-order valence-corrected chi connectivity index (χ3v) is 13.9. The fourth-order valence-corrected chi connectivity index (χ4v) is 9.25. The number of hydrogen-bond acceptors (Lipinski definition) is 5. The Bertz CT molecular complexity index is 1100. The van der Waals surface area contributed by atoms with Gasteiger partial charge in [-0.1, -0.05) is 275 Å². The predicted molar refractivity (Wildman–Crippen MR) is 296 cm³/mol. The lowest BCUT2D eigenvalue weighted by atomic mass is 10.0. The maximum atomic E-state index is 12.5. The zero-order valence-corrected chi connectivity index (χ0v) is 45.6. The largest absolute Gasteiger partial charge is 0.466 e. The number of unbranched alkanes of at least 4 members (excludes halogenated alkanes) is 41. The second-order valence-electron chi connectivity index (χ2n) is 20.7. The van der Waals surface area contributed by atoms with Crippen LogP contribution in [0.2, 0.25) is 0 Å². The first-order valence-electron chi connectivity index (χ1n) is 30.3. The van der Waals surface area contributed by atoms with Crippen molar-refractivity contribution in [1.29, 1.82) is 0 Å². The van der Waals surface area contributed by atoms with E-state index >= 15 is 0 Å². The standard InChI is InChI=1S/C62H117NO5/c1-3-5-7-9-11-13-15-17-19-20-21-22-24-27-30-34-38-42-46-50-54-60(65)59(58-64)63-61(66)55-51-47-43-39-35-31-28-25-23-26-29-33-37-41-45-49-53-57-68-62(67)56-52-48-44-40-36-32-18-16-14-12-10-8-6-4-2/h23,26,33,37,50,54,59-60,64-65H,3-22,24-25,27-32,34-36,38-49,51-53,55-58H2,1-2H3,(H,63,66)/b26-23-,37-33-,54-50+. The molecule has 0 bridgehead atoms. The van der Waals surface area contributed by atoms with Crippen LogP contribution < -0.4 is 5.32 Å². The van der Waals surface area contributed by atoms with E-state index in [-0.39, 0.29) is 18.5 Å². The van der Waals surface area contributed by atoms with Crippen LogP contribution in [0.25, 0.3) is 0 Å². The van der Waals surface area contributed by atoms with Crippen molar-refractivity contribution in [3.05, 3.63) is 36.5 Å². The quantitative estimate of drug-likeness (QED) is 0.0321. The Morgan fingerprint density at radius 3 is 1.12 bits per heavy atom. The van der Waals surface area contributed by atoms with Gasteiger partial charge in [-0.2, -0.15) is 0 Å². The number of rotatable bonds is 56. The van der Waals surface area contributed by atoms with Crippen LogP contribution >= 0.6 is 0 Å². The summed E-state index contributed by atoms with van der Waals surface area (Å²) in [6, 6.07) is -0.641. The van der Waals surface area contributed by atoms with Gasteiger partial charge in [0.1, 0.15) is 0 Å². The molecule has 6 nitrogen and oxygen atoms in total. The molecule has 0 aromatic heterocycles. The van der Waals surface area contributed by atoms with Gasteiger partial charge in [0.15, 0.2) is 0 Å². The van der Waals surface area contributed by atoms with Gasteiger partial charge in [0.25, 0.3) is 0 Å². The third-order valence-electron chi connectivity index (χ3n) is 13.9. The summed E-state index contributed by atoms with van der Waals surface area (Å²) in [7, 11) is 0. The van der Waals surface area contributed by atoms with Gasteiger partial charge in [-0.15, -0.1) is 0 Å². The topological polar surface area (TPSA) is 95.9 Å². The van der Waals surface area contributed by atoms with Crippen LogP contribution in [0.15, 0.2) is 36.5 Å². The van der Waals surface area contributed by atoms with E-state index in [1.807, 2.05) is 6.08 Å². The van der Waals surface area contributed by atoms with E-state index in [9.17, 15) is 19.8 Å². The highest BCUT2D eigenvalue weighted by Crippen LogP contribution is 2.17. The van der Waals surface area contributed by atoms with E-state index in [1.54, 1.807) is 6.08 Å². The van der Waals surface area contributed by atoms with E-state index in [1.165, 1.54) is 212 Å². The molecule has 68 heavy (non-hydrogen) atoms. The molecule has 0 spiro atoms. The summed E-state index contributed by atoms with van der Waals surface area (Å²) < 4.78 is 5.45. The molecule has 0 aliphatic heterocycles. The molecule has 0 aromatic rings. The fraction of sp³-hybridized carbons (Fsp3) is 0.871. The Balaban J connectivity index is 3.52. The van der Waals surface area contributed by atoms with Crippen LogP contribution in [0.1, 0.15) is 322 Å². The van der Waals surface area contributed by atoms with Gasteiger partial charge >= 0.3 is 5.97 Å². The minimum atomic E-state index is -0.856. The minimum absolute atomic E-state index is 0.0140. The van der Waals surface area contributed by atoms with Gasteiger partial charge < -0.3 is 20.3 Å². The van der Waals surface area contributed by atoms with Gasteiger partial charge in [-0.25, -0.2) is 0 Å². The highest BCUT2D eigenvalue weighted by atomic mass is 16.5. The summed E-state index contributed by atoms with van der Waals surface area (Å²) in [4.78, 5) is 24.5. The van der Waals surface area contributed by atoms with Crippen LogP contribution in [0.3, 0.4) is 0 Å². The third kappa shape index (κ3) is 53.4. The highest BCUT2D eigenvalue weighted by Gasteiger charge is 2.18. The molecule has 400 valence electrons. The first-order chi connectivity index (χ1) is 33.5. The molecule has 2 atom stereocenters. The van der Waals surface area contributed by atoms with E-state index in [0.717, 1.165) is 83.5 Å². The molecular formula is C62H117NO5. The molecule has 0 fully saturated rings. The second kappa shape index (κ2) is 57.7. The normalized spacial score (nSPS) is 12.8. The van der Waals surface area contributed by atoms with Gasteiger partial charge in [-0.3, -0.25) is 9.59 Å². The number of amides is 1. The average Bonchev–Trinajstić information content (AvgIpc) is 3.34. The molecular weight excluding hydrogens is 839 g/mol. The fourth-order valence-electron chi connectivity index (χ4n) is 9.25. The van der Waals surface area contributed by atoms with Gasteiger partial charge in [0, 0.05) is 12.8 Å². The zero-order valence-electron chi connectivity index (χ0n) is 45.6. The predicted octanol–water partition coefficient (Wildman–Crippen LogP) is 18.8. The number of aliphatic hydroxyl groups excluding tert-OH is 2. The van der Waals surface area contributed by atoms with Crippen LogP contribution in [0.5, 0.6) is 0 Å². The molecule has 0 aliphatic carbocycles. The lowest BCUT2D eigenvalue weighted by Crippen LogP contribution is -2.45. The molecule has 3 N–H and O–H groups in total. The Morgan fingerprint density at radius 2 is 0.735 bits per heavy atom. The summed E-state index contributed by atoms with van der Waals surface area (Å²) in [5.74, 6) is -0.0959. The average molecular weight is 957 g/mol. The number of nitrogens with one attached hydrogen (secondary N) is 1. The summed E-state index contributed by atoms with van der Waals surface area (Å²) >= 11 is 0.